The van der Waals surface area contributed by atoms with Gasteiger partial charge in [0.2, 0.25) is 11.8 Å². The molecule has 0 aromatic heterocycles. The van der Waals surface area contributed by atoms with Crippen molar-refractivity contribution in [1.82, 2.24) is 0 Å². The third-order valence-corrected chi connectivity index (χ3v) is 5.80. The van der Waals surface area contributed by atoms with E-state index in [4.69, 9.17) is 0 Å². The normalized spacial score (nSPS) is 20.7. The van der Waals surface area contributed by atoms with Crippen LogP contribution in [0.5, 0.6) is 0 Å². The Labute approximate surface area is 166 Å². The smallest absolute Gasteiger partial charge is 0.228 e. The molecule has 1 saturated carbocycles. The van der Waals surface area contributed by atoms with Crippen LogP contribution in [0.4, 0.5) is 17.1 Å². The first kappa shape index (κ1) is 18.5. The summed E-state index contributed by atoms with van der Waals surface area (Å²) in [6, 6.07) is 13.9. The Morgan fingerprint density at radius 3 is 2.04 bits per heavy atom. The van der Waals surface area contributed by atoms with Crippen LogP contribution in [0.2, 0.25) is 0 Å². The van der Waals surface area contributed by atoms with E-state index in [1.807, 2.05) is 44.2 Å². The van der Waals surface area contributed by atoms with Crippen LogP contribution in [-0.2, 0) is 9.59 Å². The van der Waals surface area contributed by atoms with Gasteiger partial charge in [-0.05, 0) is 68.5 Å². The zero-order valence-electron chi connectivity index (χ0n) is 16.5. The van der Waals surface area contributed by atoms with Crippen LogP contribution in [0.25, 0.3) is 0 Å². The highest BCUT2D eigenvalue weighted by Gasteiger charge is 2.48. The molecule has 1 heterocycles. The molecule has 1 saturated heterocycles. The second-order valence-corrected chi connectivity index (χ2v) is 7.94. The zero-order chi connectivity index (χ0) is 19.7. The number of hydrogen-bond donors (Lipinski definition) is 2. The van der Waals surface area contributed by atoms with Gasteiger partial charge in [-0.15, -0.1) is 0 Å². The Hall–Kier alpha value is -2.82. The number of benzene rings is 2. The van der Waals surface area contributed by atoms with Gasteiger partial charge in [0.25, 0.3) is 0 Å². The molecule has 2 aliphatic rings. The number of para-hydroxylation sites is 1. The van der Waals surface area contributed by atoms with Crippen molar-refractivity contribution in [3.05, 3.63) is 53.6 Å². The van der Waals surface area contributed by atoms with Crippen LogP contribution in [0, 0.1) is 25.7 Å². The summed E-state index contributed by atoms with van der Waals surface area (Å²) >= 11 is 0. The minimum Gasteiger partial charge on any atom is -0.372 e. The Morgan fingerprint density at radius 2 is 1.43 bits per heavy atom. The number of amides is 2. The summed E-state index contributed by atoms with van der Waals surface area (Å²) in [5.41, 5.74) is 4.92. The van der Waals surface area contributed by atoms with Crippen molar-refractivity contribution >= 4 is 28.9 Å². The fraction of sp³-hybridized carbons (Fsp3) is 0.391. The predicted octanol–water partition coefficient (Wildman–Crippen LogP) is 4.12. The van der Waals surface area contributed by atoms with E-state index < -0.39 is 0 Å². The molecule has 2 aromatic rings. The molecule has 28 heavy (non-hydrogen) atoms. The van der Waals surface area contributed by atoms with Gasteiger partial charge < -0.3 is 15.5 Å². The summed E-state index contributed by atoms with van der Waals surface area (Å²) < 4.78 is 0. The monoisotopic (exact) mass is 377 g/mol. The SMILES string of the molecule is Cc1cccc(C)c1NC(=O)C1CC1C(=O)Nc1ccc(N2CCCC2)cc1. The molecule has 2 N–H and O–H groups in total. The number of carbonyl (C=O) groups excluding carboxylic acids is 2. The maximum Gasteiger partial charge on any atom is 0.228 e. The number of anilines is 3. The van der Waals surface area contributed by atoms with E-state index in [2.05, 4.69) is 27.7 Å². The van der Waals surface area contributed by atoms with Gasteiger partial charge >= 0.3 is 0 Å². The van der Waals surface area contributed by atoms with Crippen LogP contribution in [0.1, 0.15) is 30.4 Å². The number of nitrogens with one attached hydrogen (secondary N) is 2. The summed E-state index contributed by atoms with van der Waals surface area (Å²) in [5.74, 6) is -0.636. The number of nitrogens with zero attached hydrogens (tertiary/aromatic N) is 1. The minimum atomic E-state index is -0.248. The lowest BCUT2D eigenvalue weighted by Gasteiger charge is -2.17. The molecular weight excluding hydrogens is 350 g/mol. The van der Waals surface area contributed by atoms with Crippen LogP contribution in [0.3, 0.4) is 0 Å². The summed E-state index contributed by atoms with van der Waals surface area (Å²) in [4.78, 5) is 27.4. The van der Waals surface area contributed by atoms with Crippen molar-refractivity contribution in [3.8, 4) is 0 Å². The van der Waals surface area contributed by atoms with E-state index in [0.29, 0.717) is 6.42 Å². The molecular formula is C23H27N3O2. The topological polar surface area (TPSA) is 61.4 Å². The molecule has 1 aliphatic carbocycles. The fourth-order valence-corrected chi connectivity index (χ4v) is 3.97. The van der Waals surface area contributed by atoms with Gasteiger partial charge in [0, 0.05) is 30.2 Å². The molecule has 2 aromatic carbocycles. The standard InChI is InChI=1S/C23H27N3O2/c1-15-6-5-7-16(2)21(15)25-23(28)20-14-19(20)22(27)24-17-8-10-18(11-9-17)26-12-3-4-13-26/h5-11,19-20H,3-4,12-14H2,1-2H3,(H,24,27)(H,25,28). The number of carbonyl (C=O) groups is 2. The largest absolute Gasteiger partial charge is 0.372 e. The van der Waals surface area contributed by atoms with Crippen LogP contribution >= 0.6 is 0 Å². The van der Waals surface area contributed by atoms with Gasteiger partial charge in [0.15, 0.2) is 0 Å². The molecule has 146 valence electrons. The second-order valence-electron chi connectivity index (χ2n) is 7.94. The minimum absolute atomic E-state index is 0.0677. The molecule has 5 nitrogen and oxygen atoms in total. The van der Waals surface area contributed by atoms with Crippen molar-refractivity contribution in [2.24, 2.45) is 11.8 Å². The van der Waals surface area contributed by atoms with Crippen molar-refractivity contribution in [2.45, 2.75) is 33.1 Å². The fourth-order valence-electron chi connectivity index (χ4n) is 3.97. The average Bonchev–Trinajstić information content (AvgIpc) is 3.31. The first-order valence-corrected chi connectivity index (χ1v) is 10.1. The first-order valence-electron chi connectivity index (χ1n) is 10.1. The van der Waals surface area contributed by atoms with Gasteiger partial charge in [-0.1, -0.05) is 18.2 Å². The van der Waals surface area contributed by atoms with E-state index in [9.17, 15) is 9.59 Å². The maximum absolute atomic E-state index is 12.5. The molecule has 1 aliphatic heterocycles. The molecule has 4 rings (SSSR count). The third kappa shape index (κ3) is 3.88. The highest BCUT2D eigenvalue weighted by atomic mass is 16.2. The van der Waals surface area contributed by atoms with Crippen molar-refractivity contribution in [3.63, 3.8) is 0 Å². The summed E-state index contributed by atoms with van der Waals surface area (Å²) in [5, 5.41) is 5.96. The molecule has 2 fully saturated rings. The predicted molar refractivity (Wildman–Crippen MR) is 113 cm³/mol. The van der Waals surface area contributed by atoms with E-state index >= 15 is 0 Å². The molecule has 0 bridgehead atoms. The van der Waals surface area contributed by atoms with Crippen LogP contribution in [-0.4, -0.2) is 24.9 Å². The lowest BCUT2D eigenvalue weighted by Crippen LogP contribution is -2.21. The summed E-state index contributed by atoms with van der Waals surface area (Å²) in [6.07, 6.45) is 3.09. The van der Waals surface area contributed by atoms with Gasteiger partial charge in [-0.25, -0.2) is 0 Å². The van der Waals surface area contributed by atoms with Crippen molar-refractivity contribution in [2.75, 3.05) is 28.6 Å². The quantitative estimate of drug-likeness (QED) is 0.824. The first-order chi connectivity index (χ1) is 13.5. The van der Waals surface area contributed by atoms with E-state index in [-0.39, 0.29) is 23.7 Å². The van der Waals surface area contributed by atoms with Crippen molar-refractivity contribution < 1.29 is 9.59 Å². The Balaban J connectivity index is 1.32. The molecule has 2 unspecified atom stereocenters. The number of aryl methyl sites for hydroxylation is 2. The second kappa shape index (κ2) is 7.66. The molecule has 0 spiro atoms. The lowest BCUT2D eigenvalue weighted by atomic mass is 10.1. The third-order valence-electron chi connectivity index (χ3n) is 5.80. The highest BCUT2D eigenvalue weighted by molar-refractivity contribution is 6.03. The Bertz CT molecular complexity index is 865. The summed E-state index contributed by atoms with van der Waals surface area (Å²) in [7, 11) is 0. The molecule has 0 radical (unpaired) electrons. The van der Waals surface area contributed by atoms with Crippen molar-refractivity contribution in [1.29, 1.82) is 0 Å². The van der Waals surface area contributed by atoms with Gasteiger partial charge in [0.1, 0.15) is 0 Å². The zero-order valence-corrected chi connectivity index (χ0v) is 16.5. The maximum atomic E-state index is 12.5. The Kier molecular flexibility index (Phi) is 5.07. The Morgan fingerprint density at radius 1 is 0.857 bits per heavy atom. The summed E-state index contributed by atoms with van der Waals surface area (Å²) in [6.45, 7) is 6.16. The molecule has 2 atom stereocenters. The van der Waals surface area contributed by atoms with Gasteiger partial charge in [0.05, 0.1) is 11.8 Å². The molecule has 2 amide bonds. The highest BCUT2D eigenvalue weighted by Crippen LogP contribution is 2.40. The van der Waals surface area contributed by atoms with Gasteiger partial charge in [-0.3, -0.25) is 9.59 Å². The number of hydrogen-bond acceptors (Lipinski definition) is 3. The molecule has 5 heteroatoms. The number of rotatable bonds is 5. The van der Waals surface area contributed by atoms with Gasteiger partial charge in [-0.2, -0.15) is 0 Å². The van der Waals surface area contributed by atoms with Crippen LogP contribution in [0.15, 0.2) is 42.5 Å². The van der Waals surface area contributed by atoms with E-state index in [1.165, 1.54) is 18.5 Å². The average molecular weight is 377 g/mol. The van der Waals surface area contributed by atoms with E-state index in [0.717, 1.165) is 35.6 Å². The van der Waals surface area contributed by atoms with Crippen LogP contribution < -0.4 is 15.5 Å². The lowest BCUT2D eigenvalue weighted by molar-refractivity contribution is -0.122. The van der Waals surface area contributed by atoms with E-state index in [1.54, 1.807) is 0 Å².